The number of aliphatic carboxylic acids is 2. The molecular weight excluding hydrogens is 203 g/mol. The second-order valence-corrected chi connectivity index (χ2v) is 4.27. The van der Waals surface area contributed by atoms with Crippen LogP contribution in [0.3, 0.4) is 0 Å². The minimum atomic E-state index is -1.56. The minimum absolute atomic E-state index is 0. The zero-order valence-electron chi connectivity index (χ0n) is 9.03. The fourth-order valence-corrected chi connectivity index (χ4v) is 2.63. The second-order valence-electron chi connectivity index (χ2n) is 4.27. The summed E-state index contributed by atoms with van der Waals surface area (Å²) < 4.78 is 0. The van der Waals surface area contributed by atoms with Crippen LogP contribution >= 0.6 is 0 Å². The molecule has 0 atom stereocenters. The Kier molecular flexibility index (Phi) is 6.13. The van der Waals surface area contributed by atoms with Crippen molar-refractivity contribution in [2.45, 2.75) is 45.4 Å². The first-order chi connectivity index (χ1) is 7.05. The van der Waals surface area contributed by atoms with Gasteiger partial charge in [-0.2, -0.15) is 0 Å². The number of hydrogen-bond donors (Lipinski definition) is 2. The topological polar surface area (TPSA) is 74.6 Å². The molecule has 16 heavy (non-hydrogen) atoms. The van der Waals surface area contributed by atoms with Gasteiger partial charge in [0.05, 0.1) is 0 Å². The van der Waals surface area contributed by atoms with Crippen molar-refractivity contribution in [2.75, 3.05) is 0 Å². The van der Waals surface area contributed by atoms with Gasteiger partial charge >= 0.3 is 30.8 Å². The molecule has 2 N–H and O–H groups in total. The maximum atomic E-state index is 11.2. The average molecular weight is 222 g/mol. The van der Waals surface area contributed by atoms with E-state index in [1.54, 1.807) is 6.92 Å². The first-order valence-corrected chi connectivity index (χ1v) is 5.52. The molecule has 0 aliphatic heterocycles. The molecule has 0 heterocycles. The van der Waals surface area contributed by atoms with E-state index in [-0.39, 0.29) is 31.2 Å². The summed E-state index contributed by atoms with van der Waals surface area (Å²) in [6, 6.07) is 0. The Morgan fingerprint density at radius 2 is 1.56 bits per heavy atom. The van der Waals surface area contributed by atoms with E-state index in [0.717, 1.165) is 32.1 Å². The van der Waals surface area contributed by atoms with Gasteiger partial charge in [-0.1, -0.05) is 26.2 Å². The summed E-state index contributed by atoms with van der Waals surface area (Å²) in [4.78, 5) is 22.4. The van der Waals surface area contributed by atoms with Gasteiger partial charge in [-0.3, -0.25) is 9.59 Å². The quantitative estimate of drug-likeness (QED) is 0.558. The number of rotatable bonds is 4. The Labute approximate surface area is 108 Å². The molecule has 0 aromatic rings. The van der Waals surface area contributed by atoms with Crippen LogP contribution in [0.1, 0.15) is 45.4 Å². The predicted octanol–water partition coefficient (Wildman–Crippen LogP) is 1.48. The van der Waals surface area contributed by atoms with Gasteiger partial charge in [-0.15, -0.1) is 0 Å². The van der Waals surface area contributed by atoms with E-state index < -0.39 is 17.4 Å². The normalized spacial score (nSPS) is 17.6. The van der Waals surface area contributed by atoms with Crippen LogP contribution in [0.5, 0.6) is 0 Å². The molecule has 0 aromatic carbocycles. The monoisotopic (exact) mass is 222 g/mol. The zero-order chi connectivity index (χ0) is 11.5. The maximum absolute atomic E-state index is 11.2. The molecule has 1 aliphatic carbocycles. The zero-order valence-corrected chi connectivity index (χ0v) is 9.03. The van der Waals surface area contributed by atoms with Gasteiger partial charge in [0.15, 0.2) is 5.41 Å². The average Bonchev–Trinajstić information content (AvgIpc) is 2.20. The van der Waals surface area contributed by atoms with Crippen LogP contribution in [0.2, 0.25) is 0 Å². The number of carbonyl (C=O) groups is 2. The van der Waals surface area contributed by atoms with Crippen molar-refractivity contribution >= 4 is 30.8 Å². The predicted molar refractivity (Wildman–Crippen MR) is 61.7 cm³/mol. The molecule has 5 heteroatoms. The molecule has 1 saturated carbocycles. The van der Waals surface area contributed by atoms with Crippen molar-refractivity contribution in [2.24, 2.45) is 11.3 Å². The fraction of sp³-hybridized carbons (Fsp3) is 0.818. The molecule has 0 amide bonds. The molecule has 0 radical (unpaired) electrons. The summed E-state index contributed by atoms with van der Waals surface area (Å²) in [5, 5.41) is 18.3. The van der Waals surface area contributed by atoms with E-state index in [9.17, 15) is 9.59 Å². The van der Waals surface area contributed by atoms with Gasteiger partial charge in [0.1, 0.15) is 0 Å². The third kappa shape index (κ3) is 2.61. The molecule has 0 saturated heterocycles. The molecule has 0 unspecified atom stereocenters. The number of carboxylic acids is 2. The van der Waals surface area contributed by atoms with Crippen LogP contribution in [-0.4, -0.2) is 41.0 Å². The van der Waals surface area contributed by atoms with Gasteiger partial charge in [0, 0.05) is 0 Å². The van der Waals surface area contributed by atoms with E-state index in [2.05, 4.69) is 0 Å². The first-order valence-electron chi connectivity index (χ1n) is 5.52. The molecule has 0 spiro atoms. The van der Waals surface area contributed by atoms with Crippen molar-refractivity contribution in [1.29, 1.82) is 0 Å². The molecule has 4 nitrogen and oxygen atoms in total. The van der Waals surface area contributed by atoms with E-state index in [1.165, 1.54) is 0 Å². The van der Waals surface area contributed by atoms with Crippen molar-refractivity contribution < 1.29 is 19.8 Å². The molecular formula is C11H19LiO4. The number of carboxylic acid groups (broad SMARTS) is 2. The van der Waals surface area contributed by atoms with Crippen LogP contribution in [0.25, 0.3) is 0 Å². The second kappa shape index (κ2) is 6.32. The Bertz CT molecular complexity index is 245. The van der Waals surface area contributed by atoms with Gasteiger partial charge < -0.3 is 10.2 Å². The fourth-order valence-electron chi connectivity index (χ4n) is 2.63. The molecule has 1 aliphatic rings. The number of hydrogen-bond acceptors (Lipinski definition) is 2. The molecule has 1 rings (SSSR count). The first kappa shape index (κ1) is 15.5. The Hall–Kier alpha value is -0.463. The summed E-state index contributed by atoms with van der Waals surface area (Å²) in [7, 11) is 0. The van der Waals surface area contributed by atoms with E-state index in [0.29, 0.717) is 0 Å². The van der Waals surface area contributed by atoms with Crippen molar-refractivity contribution in [3.05, 3.63) is 0 Å². The van der Waals surface area contributed by atoms with Crippen LogP contribution in [-0.2, 0) is 9.59 Å². The van der Waals surface area contributed by atoms with Crippen molar-refractivity contribution in [3.8, 4) is 0 Å². The Morgan fingerprint density at radius 3 is 1.88 bits per heavy atom. The van der Waals surface area contributed by atoms with Gasteiger partial charge in [-0.05, 0) is 25.2 Å². The molecule has 0 aromatic heterocycles. The summed E-state index contributed by atoms with van der Waals surface area (Å²) >= 11 is 0. The van der Waals surface area contributed by atoms with E-state index in [1.807, 2.05) is 0 Å². The standard InChI is InChI=1S/C11H18O4.Li.H/c1-2-11(9(12)13,10(14)15)8-6-4-3-5-7-8;;/h8H,2-7H2,1H3,(H,12,13)(H,14,15);;. The summed E-state index contributed by atoms with van der Waals surface area (Å²) in [5.74, 6) is -2.56. The van der Waals surface area contributed by atoms with Crippen molar-refractivity contribution in [1.82, 2.24) is 0 Å². The SMILES string of the molecule is CCC(C(=O)O)(C(=O)O)C1CCCCC1.[LiH]. The summed E-state index contributed by atoms with van der Waals surface area (Å²) in [6.07, 6.45) is 4.62. The van der Waals surface area contributed by atoms with Gasteiger partial charge in [0.25, 0.3) is 0 Å². The van der Waals surface area contributed by atoms with E-state index in [4.69, 9.17) is 10.2 Å². The summed E-state index contributed by atoms with van der Waals surface area (Å²) in [5.41, 5.74) is -1.56. The van der Waals surface area contributed by atoms with Crippen LogP contribution in [0, 0.1) is 11.3 Å². The third-order valence-electron chi connectivity index (χ3n) is 3.62. The van der Waals surface area contributed by atoms with Crippen molar-refractivity contribution in [3.63, 3.8) is 0 Å². The molecule has 0 bridgehead atoms. The Balaban J connectivity index is 0.00000225. The van der Waals surface area contributed by atoms with Crippen LogP contribution in [0.4, 0.5) is 0 Å². The third-order valence-corrected chi connectivity index (χ3v) is 3.62. The summed E-state index contributed by atoms with van der Waals surface area (Å²) in [6.45, 7) is 1.65. The van der Waals surface area contributed by atoms with Gasteiger partial charge in [-0.25, -0.2) is 0 Å². The van der Waals surface area contributed by atoms with E-state index >= 15 is 0 Å². The van der Waals surface area contributed by atoms with Crippen LogP contribution < -0.4 is 0 Å². The van der Waals surface area contributed by atoms with Crippen LogP contribution in [0.15, 0.2) is 0 Å². The molecule has 88 valence electrons. The molecule has 1 fully saturated rings. The van der Waals surface area contributed by atoms with Gasteiger partial charge in [0.2, 0.25) is 0 Å². The Morgan fingerprint density at radius 1 is 1.12 bits per heavy atom.